The van der Waals surface area contributed by atoms with Gasteiger partial charge in [0.25, 0.3) is 0 Å². The van der Waals surface area contributed by atoms with Crippen LogP contribution in [0.1, 0.15) is 49.9 Å². The number of nitrogens with zero attached hydrogens (tertiary/aromatic N) is 4. The van der Waals surface area contributed by atoms with Crippen LogP contribution in [-0.4, -0.2) is 32.8 Å². The summed E-state index contributed by atoms with van der Waals surface area (Å²) in [5, 5.41) is 10.1. The van der Waals surface area contributed by atoms with Crippen molar-refractivity contribution in [2.75, 3.05) is 13.1 Å². The van der Waals surface area contributed by atoms with E-state index in [1.807, 2.05) is 24.3 Å². The summed E-state index contributed by atoms with van der Waals surface area (Å²) < 4.78 is 2.23. The Morgan fingerprint density at radius 2 is 1.61 bits per heavy atom. The molecule has 31 heavy (non-hydrogen) atoms. The fraction of sp³-hybridized carbons (Fsp3) is 0.462. The van der Waals surface area contributed by atoms with Gasteiger partial charge < -0.3 is 4.57 Å². The zero-order valence-electron chi connectivity index (χ0n) is 18.3. The minimum atomic E-state index is 0.153. The molecule has 1 aliphatic heterocycles. The van der Waals surface area contributed by atoms with Gasteiger partial charge in [-0.05, 0) is 62.4 Å². The van der Waals surface area contributed by atoms with E-state index >= 15 is 0 Å². The molecule has 162 valence electrons. The van der Waals surface area contributed by atoms with Gasteiger partial charge in [-0.15, -0.1) is 10.2 Å². The number of benzene rings is 2. The molecule has 4 nitrogen and oxygen atoms in total. The second-order valence-corrected chi connectivity index (χ2v) is 9.69. The first-order chi connectivity index (χ1) is 15.2. The maximum absolute atomic E-state index is 6.48. The first-order valence-corrected chi connectivity index (χ1v) is 12.0. The van der Waals surface area contributed by atoms with Crippen LogP contribution in [-0.2, 0) is 19.0 Å². The first kappa shape index (κ1) is 20.7. The molecule has 1 aromatic heterocycles. The highest BCUT2D eigenvalue weighted by molar-refractivity contribution is 6.33. The summed E-state index contributed by atoms with van der Waals surface area (Å²) in [7, 11) is 2.12. The van der Waals surface area contributed by atoms with E-state index in [1.54, 1.807) is 0 Å². The van der Waals surface area contributed by atoms with Crippen LogP contribution in [0.4, 0.5) is 0 Å². The molecule has 5 rings (SSSR count). The first-order valence-electron chi connectivity index (χ1n) is 11.6. The SMILES string of the molecule is Cn1c(-c2ccccc2Cl)nnc1C1(C2CCN(Cc3ccccc3)CC2)CCCC1. The normalized spacial score (nSPS) is 19.7. The van der Waals surface area contributed by atoms with Crippen LogP contribution in [0, 0.1) is 5.92 Å². The molecule has 0 bridgehead atoms. The van der Waals surface area contributed by atoms with Crippen molar-refractivity contribution in [3.63, 3.8) is 0 Å². The maximum Gasteiger partial charge on any atom is 0.165 e. The summed E-state index contributed by atoms with van der Waals surface area (Å²) in [4.78, 5) is 2.61. The molecule has 2 fully saturated rings. The van der Waals surface area contributed by atoms with Crippen molar-refractivity contribution in [3.05, 3.63) is 71.0 Å². The van der Waals surface area contributed by atoms with Crippen LogP contribution < -0.4 is 0 Å². The standard InChI is InChI=1S/C26H31ClN4/c1-30-24(22-11-5-6-12-23(22)27)28-29-25(30)26(15-7-8-16-26)21-13-17-31(18-14-21)19-20-9-3-2-4-10-20/h2-6,9-12,21H,7-8,13-19H2,1H3. The van der Waals surface area contributed by atoms with Crippen molar-refractivity contribution in [2.45, 2.75) is 50.5 Å². The molecule has 0 amide bonds. The highest BCUT2D eigenvalue weighted by Gasteiger charge is 2.47. The molecule has 0 spiro atoms. The number of aromatic nitrogens is 3. The van der Waals surface area contributed by atoms with Crippen LogP contribution in [0.3, 0.4) is 0 Å². The lowest BCUT2D eigenvalue weighted by molar-refractivity contribution is 0.116. The number of hydrogen-bond donors (Lipinski definition) is 0. The topological polar surface area (TPSA) is 34.0 Å². The Hall–Kier alpha value is -2.17. The number of halogens is 1. The molecular weight excluding hydrogens is 404 g/mol. The van der Waals surface area contributed by atoms with Crippen LogP contribution >= 0.6 is 11.6 Å². The average molecular weight is 435 g/mol. The third-order valence-corrected chi connectivity index (χ3v) is 7.88. The van der Waals surface area contributed by atoms with E-state index < -0.39 is 0 Å². The van der Waals surface area contributed by atoms with Crippen molar-refractivity contribution in [1.82, 2.24) is 19.7 Å². The predicted molar refractivity (Wildman–Crippen MR) is 126 cm³/mol. The summed E-state index contributed by atoms with van der Waals surface area (Å²) in [6.45, 7) is 3.38. The summed E-state index contributed by atoms with van der Waals surface area (Å²) in [5.41, 5.74) is 2.53. The summed E-state index contributed by atoms with van der Waals surface area (Å²) >= 11 is 6.48. The molecule has 1 saturated heterocycles. The lowest BCUT2D eigenvalue weighted by atomic mass is 9.69. The van der Waals surface area contributed by atoms with Gasteiger partial charge in [0, 0.05) is 24.6 Å². The van der Waals surface area contributed by atoms with E-state index in [0.29, 0.717) is 5.92 Å². The molecule has 2 aromatic carbocycles. The average Bonchev–Trinajstić information content (AvgIpc) is 3.43. The lowest BCUT2D eigenvalue weighted by Crippen LogP contribution is -2.43. The van der Waals surface area contributed by atoms with Crippen LogP contribution in [0.5, 0.6) is 0 Å². The molecule has 5 heteroatoms. The molecule has 2 heterocycles. The van der Waals surface area contributed by atoms with Crippen molar-refractivity contribution in [1.29, 1.82) is 0 Å². The van der Waals surface area contributed by atoms with Crippen LogP contribution in [0.2, 0.25) is 5.02 Å². The number of rotatable bonds is 5. The van der Waals surface area contributed by atoms with Gasteiger partial charge in [-0.3, -0.25) is 4.90 Å². The van der Waals surface area contributed by atoms with Crippen molar-refractivity contribution >= 4 is 11.6 Å². The molecule has 0 unspecified atom stereocenters. The van der Waals surface area contributed by atoms with Crippen LogP contribution in [0.15, 0.2) is 54.6 Å². The largest absolute Gasteiger partial charge is 0.314 e. The van der Waals surface area contributed by atoms with Gasteiger partial charge in [0.15, 0.2) is 5.82 Å². The minimum absolute atomic E-state index is 0.153. The van der Waals surface area contributed by atoms with Gasteiger partial charge in [0.1, 0.15) is 5.82 Å². The Morgan fingerprint density at radius 1 is 0.935 bits per heavy atom. The molecule has 2 aliphatic rings. The van der Waals surface area contributed by atoms with Crippen LogP contribution in [0.25, 0.3) is 11.4 Å². The van der Waals surface area contributed by atoms with Gasteiger partial charge >= 0.3 is 0 Å². The van der Waals surface area contributed by atoms with Gasteiger partial charge in [-0.2, -0.15) is 0 Å². The van der Waals surface area contributed by atoms with Gasteiger partial charge in [-0.25, -0.2) is 0 Å². The monoisotopic (exact) mass is 434 g/mol. The smallest absolute Gasteiger partial charge is 0.165 e. The van der Waals surface area contributed by atoms with Crippen molar-refractivity contribution in [3.8, 4) is 11.4 Å². The van der Waals surface area contributed by atoms with Crippen molar-refractivity contribution < 1.29 is 0 Å². The zero-order chi connectivity index (χ0) is 21.3. The van der Waals surface area contributed by atoms with E-state index in [2.05, 4.69) is 51.9 Å². The minimum Gasteiger partial charge on any atom is -0.314 e. The highest BCUT2D eigenvalue weighted by atomic mass is 35.5. The maximum atomic E-state index is 6.48. The number of likely N-dealkylation sites (tertiary alicyclic amines) is 1. The van der Waals surface area contributed by atoms with E-state index in [-0.39, 0.29) is 5.41 Å². The molecule has 0 N–H and O–H groups in total. The zero-order valence-corrected chi connectivity index (χ0v) is 19.1. The predicted octanol–water partition coefficient (Wildman–Crippen LogP) is 5.86. The Kier molecular flexibility index (Phi) is 5.85. The Morgan fingerprint density at radius 3 is 2.32 bits per heavy atom. The van der Waals surface area contributed by atoms with E-state index in [0.717, 1.165) is 36.0 Å². The van der Waals surface area contributed by atoms with E-state index in [4.69, 9.17) is 16.7 Å². The summed E-state index contributed by atoms with van der Waals surface area (Å²) in [6.07, 6.45) is 7.51. The van der Waals surface area contributed by atoms with E-state index in [1.165, 1.54) is 49.9 Å². The molecule has 0 radical (unpaired) electrons. The Labute approximate surface area is 190 Å². The van der Waals surface area contributed by atoms with Gasteiger partial charge in [0.2, 0.25) is 0 Å². The Balaban J connectivity index is 1.37. The number of hydrogen-bond acceptors (Lipinski definition) is 3. The molecule has 3 aromatic rings. The fourth-order valence-electron chi connectivity index (χ4n) is 5.95. The molecule has 1 saturated carbocycles. The second kappa shape index (κ2) is 8.76. The highest BCUT2D eigenvalue weighted by Crippen LogP contribution is 2.50. The van der Waals surface area contributed by atoms with Gasteiger partial charge in [0.05, 0.1) is 5.02 Å². The third kappa shape index (κ3) is 3.92. The van der Waals surface area contributed by atoms with Gasteiger partial charge in [-0.1, -0.05) is 66.9 Å². The molecule has 0 atom stereocenters. The summed E-state index contributed by atoms with van der Waals surface area (Å²) in [6, 6.07) is 18.8. The summed E-state index contributed by atoms with van der Waals surface area (Å²) in [5.74, 6) is 2.72. The molecule has 1 aliphatic carbocycles. The second-order valence-electron chi connectivity index (χ2n) is 9.29. The van der Waals surface area contributed by atoms with E-state index in [9.17, 15) is 0 Å². The lowest BCUT2D eigenvalue weighted by Gasteiger charge is -2.42. The number of piperidine rings is 1. The molecular formula is C26H31ClN4. The third-order valence-electron chi connectivity index (χ3n) is 7.55. The van der Waals surface area contributed by atoms with Crippen molar-refractivity contribution in [2.24, 2.45) is 13.0 Å². The Bertz CT molecular complexity index is 1010. The fourth-order valence-corrected chi connectivity index (χ4v) is 6.17. The quantitative estimate of drug-likeness (QED) is 0.504.